The van der Waals surface area contributed by atoms with E-state index in [-0.39, 0.29) is 25.7 Å². The lowest BCUT2D eigenvalue weighted by Gasteiger charge is -2.21. The second-order valence-corrected chi connectivity index (χ2v) is 29.8. The van der Waals surface area contributed by atoms with E-state index in [2.05, 4.69) is 186 Å². The molecule has 5 unspecified atom stereocenters. The quantitative estimate of drug-likeness (QED) is 0.0169. The summed E-state index contributed by atoms with van der Waals surface area (Å²) < 4.78 is 68.6. The van der Waals surface area contributed by atoms with Gasteiger partial charge >= 0.3 is 39.5 Å². The van der Waals surface area contributed by atoms with Crippen LogP contribution in [0, 0.1) is 0 Å². The molecule has 0 aromatic carbocycles. The summed E-state index contributed by atoms with van der Waals surface area (Å²) in [6.45, 7) is 4.48. The first-order chi connectivity index (χ1) is 52.7. The first-order valence-electron chi connectivity index (χ1n) is 41.4. The Labute approximate surface area is 654 Å². The second kappa shape index (κ2) is 79.5. The summed E-state index contributed by atoms with van der Waals surface area (Å²) >= 11 is 0. The van der Waals surface area contributed by atoms with E-state index in [1.54, 1.807) is 0 Å². The predicted octanol–water partition coefficient (Wildman–Crippen LogP) is 24.6. The van der Waals surface area contributed by atoms with Gasteiger partial charge in [-0.1, -0.05) is 281 Å². The SMILES string of the molecule is CC/C=C\C/C=C\C/C=C\C/C=C\C/C=C\CCCCCC(=O)OCC(COP(=O)(O)OCC(O)COP(=O)(O)OCC(COC(=O)CCC/C=C\C/C=C\C/C=C\C/C=C\C/C=C\CC)OC(=O)CCCCCCC/C=C\CCCCCC)OC(=O)CCCCCCCC/C=C\C/C=C\C/C=C\CCCCC. The number of esters is 4. The van der Waals surface area contributed by atoms with Crippen LogP contribution in [0.3, 0.4) is 0 Å². The molecular weight excluding hydrogens is 1400 g/mol. The molecule has 0 aromatic heterocycles. The number of phosphoric ester groups is 2. The minimum absolute atomic E-state index is 0.0655. The van der Waals surface area contributed by atoms with Crippen LogP contribution in [0.25, 0.3) is 0 Å². The highest BCUT2D eigenvalue weighted by Gasteiger charge is 2.30. The molecular formula is C89H146O17P2. The maximum atomic E-state index is 13.1. The normalized spacial score (nSPS) is 14.7. The average molecular weight is 1550 g/mol. The van der Waals surface area contributed by atoms with Crippen molar-refractivity contribution in [2.75, 3.05) is 39.6 Å². The number of aliphatic hydroxyl groups excluding tert-OH is 1. The van der Waals surface area contributed by atoms with Gasteiger partial charge in [0.2, 0.25) is 0 Å². The topological polar surface area (TPSA) is 237 Å². The van der Waals surface area contributed by atoms with Crippen molar-refractivity contribution in [3.63, 3.8) is 0 Å². The Bertz CT molecular complexity index is 2710. The minimum Gasteiger partial charge on any atom is -0.462 e. The first-order valence-corrected chi connectivity index (χ1v) is 44.4. The van der Waals surface area contributed by atoms with Gasteiger partial charge in [0.05, 0.1) is 26.4 Å². The highest BCUT2D eigenvalue weighted by molar-refractivity contribution is 7.47. The number of ether oxygens (including phenoxy) is 4. The van der Waals surface area contributed by atoms with Crippen LogP contribution in [0.2, 0.25) is 0 Å². The van der Waals surface area contributed by atoms with Crippen LogP contribution in [0.5, 0.6) is 0 Å². The highest BCUT2D eigenvalue weighted by atomic mass is 31.2. The molecule has 614 valence electrons. The van der Waals surface area contributed by atoms with Crippen LogP contribution in [0.1, 0.15) is 310 Å². The third kappa shape index (κ3) is 78.5. The Kier molecular flexibility index (Phi) is 75.4. The number of rotatable bonds is 76. The van der Waals surface area contributed by atoms with Crippen molar-refractivity contribution >= 4 is 39.5 Å². The Balaban J connectivity index is 5.48. The van der Waals surface area contributed by atoms with Gasteiger partial charge in [0, 0.05) is 25.7 Å². The van der Waals surface area contributed by atoms with Gasteiger partial charge in [0.1, 0.15) is 19.3 Å². The summed E-state index contributed by atoms with van der Waals surface area (Å²) in [7, 11) is -10.0. The molecule has 0 aliphatic heterocycles. The van der Waals surface area contributed by atoms with E-state index in [4.69, 9.17) is 37.0 Å². The molecule has 0 rings (SSSR count). The zero-order valence-corrected chi connectivity index (χ0v) is 69.0. The molecule has 0 aromatic rings. The molecule has 0 heterocycles. The summed E-state index contributed by atoms with van der Waals surface area (Å²) in [6.07, 6.45) is 94.7. The van der Waals surface area contributed by atoms with Crippen molar-refractivity contribution in [3.8, 4) is 0 Å². The third-order valence-electron chi connectivity index (χ3n) is 16.6. The Hall–Kier alpha value is -5.58. The lowest BCUT2D eigenvalue weighted by Crippen LogP contribution is -2.30. The smallest absolute Gasteiger partial charge is 0.462 e. The van der Waals surface area contributed by atoms with Crippen LogP contribution in [-0.4, -0.2) is 96.7 Å². The van der Waals surface area contributed by atoms with Crippen molar-refractivity contribution in [2.24, 2.45) is 0 Å². The van der Waals surface area contributed by atoms with Crippen molar-refractivity contribution < 1.29 is 80.2 Å². The first kappa shape index (κ1) is 102. The Morgan fingerprint density at radius 2 is 0.491 bits per heavy atom. The zero-order valence-electron chi connectivity index (χ0n) is 67.2. The third-order valence-corrected chi connectivity index (χ3v) is 18.5. The zero-order chi connectivity index (χ0) is 78.9. The Morgan fingerprint density at radius 1 is 0.269 bits per heavy atom. The molecule has 0 spiro atoms. The molecule has 5 atom stereocenters. The summed E-state index contributed by atoms with van der Waals surface area (Å²) in [5, 5.41) is 10.7. The van der Waals surface area contributed by atoms with Crippen molar-refractivity contribution in [1.82, 2.24) is 0 Å². The molecule has 0 aliphatic rings. The summed E-state index contributed by atoms with van der Waals surface area (Å²) in [4.78, 5) is 73.1. The molecule has 17 nitrogen and oxygen atoms in total. The Morgan fingerprint density at radius 3 is 0.815 bits per heavy atom. The molecule has 0 saturated carbocycles. The highest BCUT2D eigenvalue weighted by Crippen LogP contribution is 2.45. The van der Waals surface area contributed by atoms with Crippen LogP contribution >= 0.6 is 15.6 Å². The predicted molar refractivity (Wildman–Crippen MR) is 445 cm³/mol. The molecule has 19 heteroatoms. The van der Waals surface area contributed by atoms with E-state index in [1.165, 1.54) is 44.9 Å². The maximum Gasteiger partial charge on any atom is 0.472 e. The molecule has 0 fully saturated rings. The van der Waals surface area contributed by atoms with Crippen LogP contribution < -0.4 is 0 Å². The van der Waals surface area contributed by atoms with E-state index < -0.39 is 97.5 Å². The van der Waals surface area contributed by atoms with Crippen LogP contribution in [-0.2, 0) is 65.4 Å². The fraction of sp³-hybridized carbons (Fsp3) is 0.640. The van der Waals surface area contributed by atoms with Crippen molar-refractivity contribution in [2.45, 2.75) is 329 Å². The van der Waals surface area contributed by atoms with Crippen LogP contribution in [0.4, 0.5) is 0 Å². The minimum atomic E-state index is -5.00. The van der Waals surface area contributed by atoms with Gasteiger partial charge in [-0.15, -0.1) is 0 Å². The summed E-state index contributed by atoms with van der Waals surface area (Å²) in [5.41, 5.74) is 0. The van der Waals surface area contributed by atoms with Gasteiger partial charge in [-0.2, -0.15) is 0 Å². The monoisotopic (exact) mass is 1550 g/mol. The molecule has 0 aliphatic carbocycles. The lowest BCUT2D eigenvalue weighted by molar-refractivity contribution is -0.161. The number of aliphatic hydroxyl groups is 1. The molecule has 0 amide bonds. The molecule has 0 radical (unpaired) electrons. The largest absolute Gasteiger partial charge is 0.472 e. The van der Waals surface area contributed by atoms with E-state index in [0.29, 0.717) is 32.1 Å². The van der Waals surface area contributed by atoms with Gasteiger partial charge in [-0.3, -0.25) is 37.3 Å². The molecule has 0 saturated heterocycles. The number of allylic oxidation sites excluding steroid dienone is 28. The average Bonchev–Trinajstić information content (AvgIpc) is 0.892. The maximum absolute atomic E-state index is 13.1. The molecule has 3 N–H and O–H groups in total. The molecule has 0 bridgehead atoms. The van der Waals surface area contributed by atoms with E-state index in [0.717, 1.165) is 180 Å². The fourth-order valence-electron chi connectivity index (χ4n) is 10.4. The van der Waals surface area contributed by atoms with E-state index in [1.807, 2.05) is 12.2 Å². The van der Waals surface area contributed by atoms with E-state index >= 15 is 0 Å². The van der Waals surface area contributed by atoms with Gasteiger partial charge in [0.25, 0.3) is 0 Å². The number of phosphoric acid groups is 2. The number of hydrogen-bond donors (Lipinski definition) is 3. The van der Waals surface area contributed by atoms with Crippen LogP contribution in [0.15, 0.2) is 170 Å². The van der Waals surface area contributed by atoms with Gasteiger partial charge < -0.3 is 33.8 Å². The lowest BCUT2D eigenvalue weighted by atomic mass is 10.1. The van der Waals surface area contributed by atoms with Crippen molar-refractivity contribution in [3.05, 3.63) is 170 Å². The number of hydrogen-bond acceptors (Lipinski definition) is 15. The fourth-order valence-corrected chi connectivity index (χ4v) is 12.0. The number of carbonyl (C=O) groups excluding carboxylic acids is 4. The van der Waals surface area contributed by atoms with Gasteiger partial charge in [-0.05, 0) is 173 Å². The van der Waals surface area contributed by atoms with E-state index in [9.17, 15) is 43.2 Å². The standard InChI is InChI=1S/C89H146O17P2/c1-5-9-13-17-21-25-29-33-36-39-41-44-47-51-54-58-62-66-70-74-87(92)100-80-85(106-89(94)76-72-68-64-60-56-52-48-45-42-40-37-34-30-26-22-18-14-10-6-2)82-104-108(97,98)102-78-83(90)77-101-107(95,96)103-81-84(105-88(93)75-71-67-63-59-55-49-32-28-24-20-16-12-8-4)79-99-86(91)73-69-65-61-57-53-50-46-43-38-35-31-27-23-19-15-11-7-3/h9,11,13,15,21-23,25-28,32-38,41-42,44-46,50-51,54,57,61,83-85,90H,5-8,10,12,14,16-20,24,29-31,39-40,43,47-49,52-53,55-56,58-60,62-82H2,1-4H3,(H,95,96)(H,97,98)/b13-9-,15-11-,25-21-,26-22-,27-23-,32-28-,36-33-,37-34-,38-35-,44-41-,45-42-,50-46-,54-51-,61-57-. The molecule has 108 heavy (non-hydrogen) atoms. The number of carbonyl (C=O) groups is 4. The van der Waals surface area contributed by atoms with Gasteiger partial charge in [-0.25, -0.2) is 9.13 Å². The summed E-state index contributed by atoms with van der Waals surface area (Å²) in [5.74, 6) is -2.31. The van der Waals surface area contributed by atoms with Crippen molar-refractivity contribution in [1.29, 1.82) is 0 Å². The second-order valence-electron chi connectivity index (χ2n) is 26.9. The van der Waals surface area contributed by atoms with Gasteiger partial charge in [0.15, 0.2) is 12.2 Å². The summed E-state index contributed by atoms with van der Waals surface area (Å²) in [6, 6.07) is 0. The number of unbranched alkanes of at least 4 members (excludes halogenated alkanes) is 22.